The van der Waals surface area contributed by atoms with Crippen LogP contribution in [0.1, 0.15) is 77.6 Å². The van der Waals surface area contributed by atoms with Crippen LogP contribution in [-0.4, -0.2) is 48.7 Å². The summed E-state index contributed by atoms with van der Waals surface area (Å²) in [6.07, 6.45) is 13.2. The number of thioether (sulfide) groups is 1. The topological polar surface area (TPSA) is 112 Å². The molecule has 0 saturated heterocycles. The number of hydrogen-bond acceptors (Lipinski definition) is 6. The molecule has 0 aliphatic carbocycles. The summed E-state index contributed by atoms with van der Waals surface area (Å²) in [5.41, 5.74) is 3.98. The molecule has 33 heavy (non-hydrogen) atoms. The normalized spacial score (nSPS) is 13.4. The minimum absolute atomic E-state index is 0.0559. The van der Waals surface area contributed by atoms with Crippen molar-refractivity contribution in [2.24, 2.45) is 0 Å². The molecule has 1 heterocycles. The first-order valence-electron chi connectivity index (χ1n) is 11.1. The first kappa shape index (κ1) is 28.4. The second-order valence-electron chi connectivity index (χ2n) is 8.89. The molecule has 0 fully saturated rings. The summed E-state index contributed by atoms with van der Waals surface area (Å²) in [6, 6.07) is -0.946. The number of nitrogens with one attached hydrogen (secondary N) is 1. The Morgan fingerprint density at radius 3 is 2.06 bits per heavy atom. The Morgan fingerprint density at radius 1 is 1.00 bits per heavy atom. The quantitative estimate of drug-likeness (QED) is 0.282. The van der Waals surface area contributed by atoms with Crippen LogP contribution in [0.4, 0.5) is 5.95 Å². The van der Waals surface area contributed by atoms with Crippen LogP contribution in [0.5, 0.6) is 0 Å². The zero-order valence-corrected chi connectivity index (χ0v) is 21.3. The maximum Gasteiger partial charge on any atom is 0.338 e. The molecule has 0 bridgehead atoms. The molecule has 1 aromatic heterocycles. The van der Waals surface area contributed by atoms with Crippen molar-refractivity contribution in [3.63, 3.8) is 0 Å². The molecule has 0 aliphatic heterocycles. The molecule has 0 radical (unpaired) electrons. The van der Waals surface area contributed by atoms with E-state index >= 15 is 0 Å². The van der Waals surface area contributed by atoms with Gasteiger partial charge in [0.1, 0.15) is 6.04 Å². The zero-order valence-electron chi connectivity index (χ0n) is 20.5. The molecule has 1 atom stereocenters. The van der Waals surface area contributed by atoms with Crippen molar-refractivity contribution in [1.29, 1.82) is 0 Å². The fourth-order valence-electron chi connectivity index (χ4n) is 3.00. The minimum Gasteiger partial charge on any atom is -0.480 e. The van der Waals surface area contributed by atoms with Gasteiger partial charge in [0.25, 0.3) is 0 Å². The van der Waals surface area contributed by atoms with Gasteiger partial charge in [-0.15, -0.1) is 11.8 Å². The highest BCUT2D eigenvalue weighted by molar-refractivity contribution is 8.00. The molecular formula is C25H37N3O4S. The number of rotatable bonds is 14. The average Bonchev–Trinajstić information content (AvgIpc) is 2.71. The Kier molecular flexibility index (Phi) is 11.9. The Bertz CT molecular complexity index is 885. The number of aliphatic carboxylic acids is 1. The average molecular weight is 476 g/mol. The highest BCUT2D eigenvalue weighted by Crippen LogP contribution is 2.30. The monoisotopic (exact) mass is 475 g/mol. The fourth-order valence-corrected chi connectivity index (χ4v) is 4.12. The highest BCUT2D eigenvalue weighted by Gasteiger charge is 2.36. The molecule has 0 aliphatic rings. The maximum atomic E-state index is 11.9. The first-order valence-corrected chi connectivity index (χ1v) is 12.0. The second-order valence-corrected chi connectivity index (χ2v) is 10.6. The van der Waals surface area contributed by atoms with Crippen molar-refractivity contribution < 1.29 is 19.8 Å². The second kappa shape index (κ2) is 13.8. The first-order chi connectivity index (χ1) is 15.4. The third kappa shape index (κ3) is 11.2. The number of nitrogens with zero attached hydrogens (tertiary/aromatic N) is 2. The number of anilines is 1. The van der Waals surface area contributed by atoms with Crippen LogP contribution in [0.25, 0.3) is 0 Å². The van der Waals surface area contributed by atoms with E-state index in [1.54, 1.807) is 0 Å². The van der Waals surface area contributed by atoms with Crippen molar-refractivity contribution >= 4 is 29.6 Å². The van der Waals surface area contributed by atoms with E-state index < -0.39 is 22.7 Å². The Hall–Kier alpha value is -2.61. The van der Waals surface area contributed by atoms with Gasteiger partial charge in [-0.1, -0.05) is 34.9 Å². The van der Waals surface area contributed by atoms with Gasteiger partial charge in [0.05, 0.1) is 5.56 Å². The SMILES string of the molecule is CC(C)=CCC/C(C)=C/CC/C(C)=C/CSC(C)(C)C(Nc1ncc(C(=O)O)cn1)C(=O)O. The van der Waals surface area contributed by atoms with Gasteiger partial charge < -0.3 is 15.5 Å². The van der Waals surface area contributed by atoms with Crippen molar-refractivity contribution in [1.82, 2.24) is 9.97 Å². The molecule has 1 aromatic rings. The van der Waals surface area contributed by atoms with Crippen molar-refractivity contribution in [3.8, 4) is 0 Å². The number of aromatic nitrogens is 2. The molecule has 1 rings (SSSR count). The standard InChI is InChI=1S/C25H37N3O4S/c1-17(2)9-7-10-18(3)11-8-12-19(4)13-14-33-25(5,6)21(23(31)32)28-24-26-15-20(16-27-24)22(29)30/h9,11,13,15-16,21H,7-8,10,12,14H2,1-6H3,(H,29,30)(H,31,32)(H,26,27,28)/b18-11+,19-13+. The predicted octanol–water partition coefficient (Wildman–Crippen LogP) is 5.97. The number of carbonyl (C=O) groups is 2. The lowest BCUT2D eigenvalue weighted by molar-refractivity contribution is -0.138. The Balaban J connectivity index is 2.61. The molecule has 8 heteroatoms. The smallest absolute Gasteiger partial charge is 0.338 e. The molecular weight excluding hydrogens is 438 g/mol. The zero-order chi connectivity index (χ0) is 25.0. The Labute approximate surface area is 201 Å². The lowest BCUT2D eigenvalue weighted by atomic mass is 10.0. The van der Waals surface area contributed by atoms with Crippen molar-refractivity contribution in [3.05, 3.63) is 52.9 Å². The number of hydrogen-bond donors (Lipinski definition) is 3. The van der Waals surface area contributed by atoms with E-state index in [4.69, 9.17) is 5.11 Å². The molecule has 0 aromatic carbocycles. The third-order valence-corrected chi connectivity index (χ3v) is 6.44. The van der Waals surface area contributed by atoms with Crippen LogP contribution in [0.3, 0.4) is 0 Å². The summed E-state index contributed by atoms with van der Waals surface area (Å²) in [5.74, 6) is -1.39. The summed E-state index contributed by atoms with van der Waals surface area (Å²) in [6.45, 7) is 12.2. The lowest BCUT2D eigenvalue weighted by Crippen LogP contribution is -2.46. The van der Waals surface area contributed by atoms with Crippen LogP contribution in [0.2, 0.25) is 0 Å². The largest absolute Gasteiger partial charge is 0.480 e. The molecule has 0 spiro atoms. The van der Waals surface area contributed by atoms with Crippen LogP contribution in [0.15, 0.2) is 47.3 Å². The number of carboxylic acids is 2. The summed E-state index contributed by atoms with van der Waals surface area (Å²) in [7, 11) is 0. The maximum absolute atomic E-state index is 11.9. The van der Waals surface area contributed by atoms with E-state index in [1.165, 1.54) is 28.5 Å². The van der Waals surface area contributed by atoms with Crippen molar-refractivity contribution in [2.45, 2.75) is 78.0 Å². The molecule has 7 nitrogen and oxygen atoms in total. The number of aromatic carboxylic acids is 1. The van der Waals surface area contributed by atoms with Crippen LogP contribution in [0, 0.1) is 0 Å². The van der Waals surface area contributed by atoms with Crippen LogP contribution in [-0.2, 0) is 4.79 Å². The van der Waals surface area contributed by atoms with Crippen LogP contribution >= 0.6 is 11.8 Å². The van der Waals surface area contributed by atoms with Crippen LogP contribution < -0.4 is 5.32 Å². The fraction of sp³-hybridized carbons (Fsp3) is 0.520. The van der Waals surface area contributed by atoms with E-state index in [2.05, 4.69) is 61.2 Å². The summed E-state index contributed by atoms with van der Waals surface area (Å²) in [5, 5.41) is 21.5. The number of allylic oxidation sites excluding steroid dienone is 5. The minimum atomic E-state index is -1.14. The van der Waals surface area contributed by atoms with E-state index in [9.17, 15) is 14.7 Å². The molecule has 0 saturated carbocycles. The highest BCUT2D eigenvalue weighted by atomic mass is 32.2. The predicted molar refractivity (Wildman–Crippen MR) is 136 cm³/mol. The van der Waals surface area contributed by atoms with Gasteiger partial charge in [-0.3, -0.25) is 0 Å². The van der Waals surface area contributed by atoms with Gasteiger partial charge in [-0.2, -0.15) is 0 Å². The van der Waals surface area contributed by atoms with Gasteiger partial charge in [0, 0.05) is 22.9 Å². The van der Waals surface area contributed by atoms with Crippen molar-refractivity contribution in [2.75, 3.05) is 11.1 Å². The van der Waals surface area contributed by atoms with E-state index in [0.29, 0.717) is 5.75 Å². The third-order valence-electron chi connectivity index (χ3n) is 5.12. The van der Waals surface area contributed by atoms with Gasteiger partial charge in [-0.25, -0.2) is 19.6 Å². The van der Waals surface area contributed by atoms with E-state index in [-0.39, 0.29) is 11.5 Å². The lowest BCUT2D eigenvalue weighted by Gasteiger charge is -2.31. The summed E-state index contributed by atoms with van der Waals surface area (Å²) in [4.78, 5) is 30.7. The van der Waals surface area contributed by atoms with Gasteiger partial charge in [0.15, 0.2) is 0 Å². The van der Waals surface area contributed by atoms with Gasteiger partial charge >= 0.3 is 11.9 Å². The molecule has 0 amide bonds. The molecule has 3 N–H and O–H groups in total. The Morgan fingerprint density at radius 2 is 1.55 bits per heavy atom. The number of carboxylic acid groups (broad SMARTS) is 2. The van der Waals surface area contributed by atoms with E-state index in [0.717, 1.165) is 38.1 Å². The van der Waals surface area contributed by atoms with E-state index in [1.807, 2.05) is 13.8 Å². The summed E-state index contributed by atoms with van der Waals surface area (Å²) < 4.78 is -0.654. The summed E-state index contributed by atoms with van der Waals surface area (Å²) >= 11 is 1.53. The molecule has 1 unspecified atom stereocenters. The molecule has 182 valence electrons. The van der Waals surface area contributed by atoms with Gasteiger partial charge in [-0.05, 0) is 67.2 Å². The van der Waals surface area contributed by atoms with Gasteiger partial charge in [0.2, 0.25) is 5.95 Å².